The molecule has 0 fully saturated rings. The Balaban J connectivity index is 1.83. The van der Waals surface area contributed by atoms with E-state index in [2.05, 4.69) is 10.4 Å². The van der Waals surface area contributed by atoms with Crippen LogP contribution in [0.4, 0.5) is 5.82 Å². The molecule has 1 aromatic heterocycles. The monoisotopic (exact) mass is 333 g/mol. The van der Waals surface area contributed by atoms with E-state index >= 15 is 0 Å². The molecule has 5 nitrogen and oxygen atoms in total. The highest BCUT2D eigenvalue weighted by molar-refractivity contribution is 5.94. The maximum absolute atomic E-state index is 12.3. The topological polar surface area (TPSA) is 56.1 Å². The van der Waals surface area contributed by atoms with Gasteiger partial charge < -0.3 is 10.1 Å². The lowest BCUT2D eigenvalue weighted by atomic mass is 9.87. The van der Waals surface area contributed by atoms with Gasteiger partial charge in [-0.05, 0) is 36.2 Å². The van der Waals surface area contributed by atoms with Crippen molar-refractivity contribution in [1.29, 1.82) is 0 Å². The maximum Gasteiger partial charge on any atom is 0.226 e. The van der Waals surface area contributed by atoms with E-state index < -0.39 is 0 Å². The van der Waals surface area contributed by atoms with Crippen LogP contribution in [0.1, 0.15) is 29.0 Å². The van der Waals surface area contributed by atoms with Crippen molar-refractivity contribution in [1.82, 2.24) is 9.78 Å². The van der Waals surface area contributed by atoms with E-state index in [1.807, 2.05) is 66.3 Å². The fraction of sp³-hybridized carbons (Fsp3) is 0.200. The number of nitrogens with one attached hydrogen (secondary N) is 1. The molecule has 4 rings (SSSR count). The predicted molar refractivity (Wildman–Crippen MR) is 96.4 cm³/mol. The number of para-hydroxylation sites is 1. The summed E-state index contributed by atoms with van der Waals surface area (Å²) >= 11 is 0. The highest BCUT2D eigenvalue weighted by Crippen LogP contribution is 2.39. The summed E-state index contributed by atoms with van der Waals surface area (Å²) in [5, 5.41) is 7.55. The molecule has 0 spiro atoms. The van der Waals surface area contributed by atoms with Crippen LogP contribution in [-0.2, 0) is 4.79 Å². The third-order valence-electron chi connectivity index (χ3n) is 4.66. The summed E-state index contributed by atoms with van der Waals surface area (Å²) in [7, 11) is 1.65. The summed E-state index contributed by atoms with van der Waals surface area (Å²) in [5.74, 6) is 1.50. The van der Waals surface area contributed by atoms with Crippen LogP contribution in [0, 0.1) is 6.92 Å². The molecule has 0 saturated carbocycles. The van der Waals surface area contributed by atoms with Crippen molar-refractivity contribution in [3.8, 4) is 11.4 Å². The second-order valence-electron chi connectivity index (χ2n) is 6.23. The van der Waals surface area contributed by atoms with Gasteiger partial charge in [0, 0.05) is 17.9 Å². The number of nitrogens with zero attached hydrogens (tertiary/aromatic N) is 2. The lowest BCUT2D eigenvalue weighted by Crippen LogP contribution is -2.24. The molecule has 0 saturated heterocycles. The first-order chi connectivity index (χ1) is 12.2. The van der Waals surface area contributed by atoms with E-state index in [0.29, 0.717) is 6.42 Å². The van der Waals surface area contributed by atoms with Crippen LogP contribution in [0.5, 0.6) is 5.75 Å². The van der Waals surface area contributed by atoms with Crippen molar-refractivity contribution >= 4 is 11.7 Å². The number of carbonyl (C=O) groups is 1. The van der Waals surface area contributed by atoms with Gasteiger partial charge in [-0.1, -0.05) is 30.3 Å². The standard InChI is InChI=1S/C20H19N3O2/c1-13-6-3-4-9-18(13)23-20-17(12-21-23)16(11-19(24)22-20)14-7-5-8-15(10-14)25-2/h3-10,12,16H,11H2,1-2H3,(H,22,24). The van der Waals surface area contributed by atoms with Gasteiger partial charge in [-0.25, -0.2) is 4.68 Å². The lowest BCUT2D eigenvalue weighted by molar-refractivity contribution is -0.116. The molecular formula is C20H19N3O2. The van der Waals surface area contributed by atoms with E-state index in [1.165, 1.54) is 0 Å². The van der Waals surface area contributed by atoms with Crippen molar-refractivity contribution in [2.75, 3.05) is 12.4 Å². The summed E-state index contributed by atoms with van der Waals surface area (Å²) in [6, 6.07) is 15.9. The molecule has 126 valence electrons. The van der Waals surface area contributed by atoms with Crippen LogP contribution in [0.15, 0.2) is 54.7 Å². The van der Waals surface area contributed by atoms with Crippen LogP contribution in [-0.4, -0.2) is 22.8 Å². The minimum absolute atomic E-state index is 0.00402. The zero-order valence-electron chi connectivity index (χ0n) is 14.2. The summed E-state index contributed by atoms with van der Waals surface area (Å²) in [4.78, 5) is 12.3. The van der Waals surface area contributed by atoms with Gasteiger partial charge >= 0.3 is 0 Å². The fourth-order valence-electron chi connectivity index (χ4n) is 3.36. The molecule has 1 aliphatic rings. The molecule has 1 amide bonds. The van der Waals surface area contributed by atoms with Crippen molar-refractivity contribution in [3.63, 3.8) is 0 Å². The SMILES string of the molecule is COc1cccc(C2CC(=O)Nc3c2cnn3-c2ccccc2C)c1. The summed E-state index contributed by atoms with van der Waals surface area (Å²) in [5.41, 5.74) is 4.15. The van der Waals surface area contributed by atoms with Gasteiger partial charge in [0.2, 0.25) is 5.91 Å². The Morgan fingerprint density at radius 2 is 2.04 bits per heavy atom. The first kappa shape index (κ1) is 15.4. The van der Waals surface area contributed by atoms with Crippen molar-refractivity contribution in [2.45, 2.75) is 19.3 Å². The van der Waals surface area contributed by atoms with Gasteiger partial charge in [0.15, 0.2) is 0 Å². The first-order valence-electron chi connectivity index (χ1n) is 8.25. The molecule has 1 aliphatic heterocycles. The largest absolute Gasteiger partial charge is 0.497 e. The first-order valence-corrected chi connectivity index (χ1v) is 8.25. The molecule has 3 aromatic rings. The lowest BCUT2D eigenvalue weighted by Gasteiger charge is -2.24. The number of hydrogen-bond acceptors (Lipinski definition) is 3. The van der Waals surface area contributed by atoms with Gasteiger partial charge in [0.25, 0.3) is 0 Å². The van der Waals surface area contributed by atoms with Crippen LogP contribution in [0.25, 0.3) is 5.69 Å². The third-order valence-corrected chi connectivity index (χ3v) is 4.66. The number of methoxy groups -OCH3 is 1. The van der Waals surface area contributed by atoms with Gasteiger partial charge in [-0.15, -0.1) is 0 Å². The maximum atomic E-state index is 12.3. The molecule has 1 unspecified atom stereocenters. The number of anilines is 1. The second-order valence-corrected chi connectivity index (χ2v) is 6.23. The number of benzene rings is 2. The number of aryl methyl sites for hydroxylation is 1. The Bertz CT molecular complexity index is 946. The minimum atomic E-state index is -0.0309. The average molecular weight is 333 g/mol. The van der Waals surface area contributed by atoms with E-state index in [9.17, 15) is 4.79 Å². The molecule has 0 radical (unpaired) electrons. The quantitative estimate of drug-likeness (QED) is 0.796. The van der Waals surface area contributed by atoms with E-state index in [-0.39, 0.29) is 11.8 Å². The Labute approximate surface area is 146 Å². The normalized spacial score (nSPS) is 16.2. The molecule has 25 heavy (non-hydrogen) atoms. The van der Waals surface area contributed by atoms with Gasteiger partial charge in [-0.2, -0.15) is 5.10 Å². The number of carbonyl (C=O) groups excluding carboxylic acids is 1. The van der Waals surface area contributed by atoms with E-state index in [1.54, 1.807) is 7.11 Å². The average Bonchev–Trinajstić information content (AvgIpc) is 3.05. The van der Waals surface area contributed by atoms with Gasteiger partial charge in [-0.3, -0.25) is 4.79 Å². The number of aromatic nitrogens is 2. The number of amides is 1. The van der Waals surface area contributed by atoms with Crippen molar-refractivity contribution in [3.05, 3.63) is 71.4 Å². The second kappa shape index (κ2) is 6.09. The highest BCUT2D eigenvalue weighted by atomic mass is 16.5. The number of hydrogen-bond donors (Lipinski definition) is 1. The molecule has 1 N–H and O–H groups in total. The van der Waals surface area contributed by atoms with Crippen LogP contribution in [0.3, 0.4) is 0 Å². The van der Waals surface area contributed by atoms with Gasteiger partial charge in [0.05, 0.1) is 19.0 Å². The Hall–Kier alpha value is -3.08. The Morgan fingerprint density at radius 1 is 1.20 bits per heavy atom. The van der Waals surface area contributed by atoms with Crippen LogP contribution < -0.4 is 10.1 Å². The molecule has 1 atom stereocenters. The molecule has 0 aliphatic carbocycles. The third kappa shape index (κ3) is 2.67. The minimum Gasteiger partial charge on any atom is -0.497 e. The summed E-state index contributed by atoms with van der Waals surface area (Å²) < 4.78 is 7.14. The zero-order chi connectivity index (χ0) is 17.4. The zero-order valence-corrected chi connectivity index (χ0v) is 14.2. The fourth-order valence-corrected chi connectivity index (χ4v) is 3.36. The smallest absolute Gasteiger partial charge is 0.226 e. The highest BCUT2D eigenvalue weighted by Gasteiger charge is 2.30. The molecule has 2 heterocycles. The van der Waals surface area contributed by atoms with E-state index in [4.69, 9.17) is 4.74 Å². The van der Waals surface area contributed by atoms with Crippen LogP contribution in [0.2, 0.25) is 0 Å². The van der Waals surface area contributed by atoms with E-state index in [0.717, 1.165) is 33.9 Å². The summed E-state index contributed by atoms with van der Waals surface area (Å²) in [6.45, 7) is 2.04. The van der Waals surface area contributed by atoms with Gasteiger partial charge in [0.1, 0.15) is 11.6 Å². The van der Waals surface area contributed by atoms with Crippen molar-refractivity contribution in [2.24, 2.45) is 0 Å². The Kier molecular flexibility index (Phi) is 3.76. The van der Waals surface area contributed by atoms with Crippen molar-refractivity contribution < 1.29 is 9.53 Å². The summed E-state index contributed by atoms with van der Waals surface area (Å²) in [6.07, 6.45) is 2.25. The Morgan fingerprint density at radius 3 is 2.84 bits per heavy atom. The predicted octanol–water partition coefficient (Wildman–Crippen LogP) is 3.66. The number of ether oxygens (including phenoxy) is 1. The number of fused-ring (bicyclic) bond motifs is 1. The molecule has 2 aromatic carbocycles. The molecule has 5 heteroatoms. The number of rotatable bonds is 3. The van der Waals surface area contributed by atoms with Crippen LogP contribution >= 0.6 is 0 Å². The molecule has 0 bridgehead atoms. The molecular weight excluding hydrogens is 314 g/mol.